The molecule has 1 aromatic heterocycles. The molecule has 0 bridgehead atoms. The molecule has 1 saturated carbocycles. The quantitative estimate of drug-likeness (QED) is 0.884. The lowest BCUT2D eigenvalue weighted by Crippen LogP contribution is -2.47. The third-order valence-corrected chi connectivity index (χ3v) is 4.16. The highest BCUT2D eigenvalue weighted by Crippen LogP contribution is 2.39. The molecule has 3 rings (SSSR count). The lowest BCUT2D eigenvalue weighted by Gasteiger charge is -2.42. The number of fused-ring (bicyclic) bond motifs is 1. The molecule has 5 nitrogen and oxygen atoms in total. The molecule has 0 unspecified atom stereocenters. The molecule has 0 spiro atoms. The summed E-state index contributed by atoms with van der Waals surface area (Å²) in [7, 11) is 1.64. The minimum atomic E-state index is -0.774. The van der Waals surface area contributed by atoms with Gasteiger partial charge in [0.15, 0.2) is 0 Å². The van der Waals surface area contributed by atoms with Crippen molar-refractivity contribution in [1.82, 2.24) is 4.98 Å². The van der Waals surface area contributed by atoms with Gasteiger partial charge >= 0.3 is 5.97 Å². The standard InChI is InChI=1S/C16H18N2O3/c1-21-12-3-4-13-11(9-12)5-8-17-15(13)18-16(6-2-7-16)10-14(19)20/h3-5,8-9H,2,6-7,10H2,1H3,(H,17,18)(H,19,20). The number of carbonyl (C=O) groups is 1. The zero-order valence-electron chi connectivity index (χ0n) is 11.9. The van der Waals surface area contributed by atoms with Gasteiger partial charge in [-0.05, 0) is 48.9 Å². The van der Waals surface area contributed by atoms with Crippen molar-refractivity contribution < 1.29 is 14.6 Å². The Hall–Kier alpha value is -2.30. The van der Waals surface area contributed by atoms with Crippen LogP contribution in [0.4, 0.5) is 5.82 Å². The molecule has 1 heterocycles. The first kappa shape index (κ1) is 13.7. The highest BCUT2D eigenvalue weighted by atomic mass is 16.5. The molecule has 1 aromatic carbocycles. The number of anilines is 1. The molecule has 2 N–H and O–H groups in total. The Morgan fingerprint density at radius 2 is 2.24 bits per heavy atom. The van der Waals surface area contributed by atoms with Crippen LogP contribution in [0.1, 0.15) is 25.7 Å². The number of ether oxygens (including phenoxy) is 1. The average Bonchev–Trinajstić information content (AvgIpc) is 2.44. The van der Waals surface area contributed by atoms with E-state index in [0.29, 0.717) is 0 Å². The Labute approximate surface area is 123 Å². The van der Waals surface area contributed by atoms with Crippen LogP contribution >= 0.6 is 0 Å². The minimum absolute atomic E-state index is 0.126. The fraction of sp³-hybridized carbons (Fsp3) is 0.375. The van der Waals surface area contributed by atoms with Gasteiger partial charge in [-0.15, -0.1) is 0 Å². The molecule has 0 saturated heterocycles. The van der Waals surface area contributed by atoms with Crippen LogP contribution in [0.5, 0.6) is 5.75 Å². The number of rotatable bonds is 5. The first-order valence-corrected chi connectivity index (χ1v) is 7.05. The maximum Gasteiger partial charge on any atom is 0.305 e. The zero-order chi connectivity index (χ0) is 14.9. The number of nitrogens with one attached hydrogen (secondary N) is 1. The second-order valence-electron chi connectivity index (χ2n) is 5.58. The van der Waals surface area contributed by atoms with Crippen LogP contribution in [0.15, 0.2) is 30.5 Å². The van der Waals surface area contributed by atoms with Gasteiger partial charge in [0.05, 0.1) is 13.5 Å². The molecular weight excluding hydrogens is 268 g/mol. The second kappa shape index (κ2) is 5.24. The van der Waals surface area contributed by atoms with E-state index in [0.717, 1.165) is 41.6 Å². The molecular formula is C16H18N2O3. The summed E-state index contributed by atoms with van der Waals surface area (Å²) in [6.07, 6.45) is 4.65. The van der Waals surface area contributed by atoms with Gasteiger partial charge in [0.25, 0.3) is 0 Å². The summed E-state index contributed by atoms with van der Waals surface area (Å²) in [6, 6.07) is 7.72. The topological polar surface area (TPSA) is 71.5 Å². The summed E-state index contributed by atoms with van der Waals surface area (Å²) >= 11 is 0. The summed E-state index contributed by atoms with van der Waals surface area (Å²) in [5.74, 6) is 0.767. The molecule has 1 aliphatic rings. The van der Waals surface area contributed by atoms with Crippen LogP contribution in [-0.2, 0) is 4.79 Å². The molecule has 0 amide bonds. The van der Waals surface area contributed by atoms with E-state index < -0.39 is 5.97 Å². The lowest BCUT2D eigenvalue weighted by molar-refractivity contribution is -0.138. The van der Waals surface area contributed by atoms with E-state index in [1.807, 2.05) is 24.3 Å². The van der Waals surface area contributed by atoms with E-state index in [-0.39, 0.29) is 12.0 Å². The van der Waals surface area contributed by atoms with E-state index in [1.165, 1.54) is 0 Å². The summed E-state index contributed by atoms with van der Waals surface area (Å²) in [6.45, 7) is 0. The van der Waals surface area contributed by atoms with Gasteiger partial charge < -0.3 is 15.2 Å². The van der Waals surface area contributed by atoms with Crippen molar-refractivity contribution in [2.45, 2.75) is 31.2 Å². The predicted octanol–water partition coefficient (Wildman–Crippen LogP) is 3.05. The summed E-state index contributed by atoms with van der Waals surface area (Å²) in [5.41, 5.74) is -0.354. The lowest BCUT2D eigenvalue weighted by atomic mass is 9.74. The van der Waals surface area contributed by atoms with Gasteiger partial charge in [-0.3, -0.25) is 4.79 Å². The number of methoxy groups -OCH3 is 1. The molecule has 21 heavy (non-hydrogen) atoms. The predicted molar refractivity (Wildman–Crippen MR) is 80.8 cm³/mol. The van der Waals surface area contributed by atoms with Crippen molar-refractivity contribution in [3.8, 4) is 5.75 Å². The maximum absolute atomic E-state index is 11.1. The van der Waals surface area contributed by atoms with Crippen molar-refractivity contribution in [3.63, 3.8) is 0 Å². The summed E-state index contributed by atoms with van der Waals surface area (Å²) in [5, 5.41) is 14.5. The van der Waals surface area contributed by atoms with Crippen molar-refractivity contribution >= 4 is 22.6 Å². The van der Waals surface area contributed by atoms with Crippen molar-refractivity contribution in [1.29, 1.82) is 0 Å². The molecule has 1 fully saturated rings. The van der Waals surface area contributed by atoms with E-state index in [2.05, 4.69) is 10.3 Å². The molecule has 0 radical (unpaired) electrons. The molecule has 5 heteroatoms. The molecule has 0 atom stereocenters. The Kier molecular flexibility index (Phi) is 3.41. The van der Waals surface area contributed by atoms with Crippen LogP contribution in [0.3, 0.4) is 0 Å². The van der Waals surface area contributed by atoms with Crippen LogP contribution in [-0.4, -0.2) is 28.7 Å². The van der Waals surface area contributed by atoms with Gasteiger partial charge in [0.1, 0.15) is 11.6 Å². The minimum Gasteiger partial charge on any atom is -0.497 e. The molecule has 0 aliphatic heterocycles. The fourth-order valence-corrected chi connectivity index (χ4v) is 2.87. The number of hydrogen-bond donors (Lipinski definition) is 2. The fourth-order valence-electron chi connectivity index (χ4n) is 2.87. The Morgan fingerprint density at radius 1 is 1.43 bits per heavy atom. The van der Waals surface area contributed by atoms with E-state index >= 15 is 0 Å². The van der Waals surface area contributed by atoms with E-state index in [4.69, 9.17) is 9.84 Å². The average molecular weight is 286 g/mol. The molecule has 110 valence electrons. The second-order valence-corrected chi connectivity index (χ2v) is 5.58. The van der Waals surface area contributed by atoms with Crippen molar-refractivity contribution in [2.75, 3.05) is 12.4 Å². The number of aromatic nitrogens is 1. The third-order valence-electron chi connectivity index (χ3n) is 4.16. The number of pyridine rings is 1. The zero-order valence-corrected chi connectivity index (χ0v) is 11.9. The summed E-state index contributed by atoms with van der Waals surface area (Å²) in [4.78, 5) is 15.5. The van der Waals surface area contributed by atoms with Gasteiger partial charge in [-0.1, -0.05) is 0 Å². The van der Waals surface area contributed by atoms with Crippen LogP contribution in [0.2, 0.25) is 0 Å². The SMILES string of the molecule is COc1ccc2c(NC3(CC(=O)O)CCC3)nccc2c1. The maximum atomic E-state index is 11.1. The summed E-state index contributed by atoms with van der Waals surface area (Å²) < 4.78 is 5.23. The van der Waals surface area contributed by atoms with Gasteiger partial charge in [0.2, 0.25) is 0 Å². The van der Waals surface area contributed by atoms with Crippen molar-refractivity contribution in [2.24, 2.45) is 0 Å². The Bertz CT molecular complexity index is 680. The first-order chi connectivity index (χ1) is 10.1. The monoisotopic (exact) mass is 286 g/mol. The largest absolute Gasteiger partial charge is 0.497 e. The number of nitrogens with zero attached hydrogens (tertiary/aromatic N) is 1. The van der Waals surface area contributed by atoms with Gasteiger partial charge in [0, 0.05) is 17.1 Å². The van der Waals surface area contributed by atoms with E-state index in [1.54, 1.807) is 13.3 Å². The van der Waals surface area contributed by atoms with E-state index in [9.17, 15) is 4.79 Å². The number of carboxylic acids is 1. The van der Waals surface area contributed by atoms with Crippen LogP contribution in [0.25, 0.3) is 10.8 Å². The number of benzene rings is 1. The highest BCUT2D eigenvalue weighted by Gasteiger charge is 2.39. The smallest absolute Gasteiger partial charge is 0.305 e. The number of hydrogen-bond acceptors (Lipinski definition) is 4. The first-order valence-electron chi connectivity index (χ1n) is 7.05. The van der Waals surface area contributed by atoms with Gasteiger partial charge in [-0.25, -0.2) is 4.98 Å². The van der Waals surface area contributed by atoms with Crippen LogP contribution in [0, 0.1) is 0 Å². The highest BCUT2D eigenvalue weighted by molar-refractivity contribution is 5.93. The van der Waals surface area contributed by atoms with Gasteiger partial charge in [-0.2, -0.15) is 0 Å². The Balaban J connectivity index is 1.95. The Morgan fingerprint density at radius 3 is 2.86 bits per heavy atom. The third kappa shape index (κ3) is 2.63. The van der Waals surface area contributed by atoms with Crippen molar-refractivity contribution in [3.05, 3.63) is 30.5 Å². The molecule has 1 aliphatic carbocycles. The number of aliphatic carboxylic acids is 1. The normalized spacial score (nSPS) is 16.2. The number of carboxylic acid groups (broad SMARTS) is 1. The molecule has 2 aromatic rings. The van der Waals surface area contributed by atoms with Crippen LogP contribution < -0.4 is 10.1 Å².